The molecule has 0 saturated carbocycles. The highest BCUT2D eigenvalue weighted by molar-refractivity contribution is 5.17. The number of rotatable bonds is 7. The predicted molar refractivity (Wildman–Crippen MR) is 85.4 cm³/mol. The Morgan fingerprint density at radius 1 is 1.25 bits per heavy atom. The summed E-state index contributed by atoms with van der Waals surface area (Å²) < 4.78 is 13.3. The van der Waals surface area contributed by atoms with E-state index in [4.69, 9.17) is 0 Å². The molecule has 1 aromatic carbocycles. The second kappa shape index (κ2) is 7.78. The molecule has 1 N–H and O–H groups in total. The van der Waals surface area contributed by atoms with Crippen molar-refractivity contribution in [3.05, 3.63) is 35.6 Å². The number of hydrogen-bond acceptors (Lipinski definition) is 1. The molecule has 2 atom stereocenters. The van der Waals surface area contributed by atoms with Crippen molar-refractivity contribution in [1.82, 2.24) is 5.32 Å². The minimum Gasteiger partial charge on any atom is -0.314 e. The smallest absolute Gasteiger partial charge is 0.123 e. The van der Waals surface area contributed by atoms with Crippen LogP contribution in [-0.4, -0.2) is 12.6 Å². The average Bonchev–Trinajstić information content (AvgIpc) is 2.34. The van der Waals surface area contributed by atoms with Crippen LogP contribution in [0, 0.1) is 17.2 Å². The molecule has 0 aliphatic heterocycles. The van der Waals surface area contributed by atoms with Crippen LogP contribution in [-0.2, 0) is 6.42 Å². The van der Waals surface area contributed by atoms with Crippen molar-refractivity contribution in [2.75, 3.05) is 6.54 Å². The van der Waals surface area contributed by atoms with Gasteiger partial charge in [-0.3, -0.25) is 0 Å². The van der Waals surface area contributed by atoms with E-state index in [2.05, 4.69) is 39.9 Å². The number of nitrogens with one attached hydrogen (secondary N) is 1. The summed E-state index contributed by atoms with van der Waals surface area (Å²) in [4.78, 5) is 0. The Morgan fingerprint density at radius 2 is 1.95 bits per heavy atom. The highest BCUT2D eigenvalue weighted by Gasteiger charge is 2.23. The van der Waals surface area contributed by atoms with E-state index in [1.807, 2.05) is 6.07 Å². The third-order valence-corrected chi connectivity index (χ3v) is 4.17. The minimum absolute atomic E-state index is 0.138. The van der Waals surface area contributed by atoms with Crippen molar-refractivity contribution in [2.45, 2.75) is 59.9 Å². The molecule has 1 rings (SSSR count). The van der Waals surface area contributed by atoms with Crippen molar-refractivity contribution in [2.24, 2.45) is 11.3 Å². The Morgan fingerprint density at radius 3 is 2.50 bits per heavy atom. The fraction of sp³-hybridized carbons (Fsp3) is 0.667. The van der Waals surface area contributed by atoms with Gasteiger partial charge < -0.3 is 5.32 Å². The second-order valence-electron chi connectivity index (χ2n) is 6.99. The molecule has 0 aromatic heterocycles. The van der Waals surface area contributed by atoms with Gasteiger partial charge in [0.15, 0.2) is 0 Å². The van der Waals surface area contributed by atoms with Crippen LogP contribution >= 0.6 is 0 Å². The van der Waals surface area contributed by atoms with Crippen LogP contribution in [0.1, 0.15) is 53.0 Å². The number of hydrogen-bond donors (Lipinski definition) is 1. The molecule has 0 heterocycles. The molecule has 2 unspecified atom stereocenters. The van der Waals surface area contributed by atoms with Crippen LogP contribution in [0.4, 0.5) is 4.39 Å². The molecule has 0 bridgehead atoms. The molecular weight excluding hydrogens is 249 g/mol. The van der Waals surface area contributed by atoms with Gasteiger partial charge in [0.1, 0.15) is 5.82 Å². The SMILES string of the molecule is CCCNC(Cc1cccc(F)c1)CC(C)C(C)(C)C. The van der Waals surface area contributed by atoms with Gasteiger partial charge in [-0.15, -0.1) is 0 Å². The zero-order valence-corrected chi connectivity index (χ0v) is 13.7. The third kappa shape index (κ3) is 6.04. The van der Waals surface area contributed by atoms with E-state index in [1.165, 1.54) is 6.07 Å². The highest BCUT2D eigenvalue weighted by atomic mass is 19.1. The van der Waals surface area contributed by atoms with Crippen LogP contribution in [0.25, 0.3) is 0 Å². The Labute approximate surface area is 124 Å². The van der Waals surface area contributed by atoms with Crippen LogP contribution in [0.2, 0.25) is 0 Å². The maximum atomic E-state index is 13.3. The molecule has 0 spiro atoms. The maximum absolute atomic E-state index is 13.3. The lowest BCUT2D eigenvalue weighted by molar-refractivity contribution is 0.222. The molecule has 0 amide bonds. The van der Waals surface area contributed by atoms with Crippen LogP contribution in [0.3, 0.4) is 0 Å². The largest absolute Gasteiger partial charge is 0.314 e. The van der Waals surface area contributed by atoms with E-state index in [0.29, 0.717) is 17.4 Å². The first kappa shape index (κ1) is 17.2. The molecule has 1 aromatic rings. The Balaban J connectivity index is 2.69. The molecular formula is C18H30FN. The summed E-state index contributed by atoms with van der Waals surface area (Å²) in [6, 6.07) is 7.41. The summed E-state index contributed by atoms with van der Waals surface area (Å²) in [5.74, 6) is 0.492. The first-order valence-corrected chi connectivity index (χ1v) is 7.80. The van der Waals surface area contributed by atoms with Gasteiger partial charge >= 0.3 is 0 Å². The summed E-state index contributed by atoms with van der Waals surface area (Å²) in [6.45, 7) is 12.4. The van der Waals surface area contributed by atoms with E-state index in [-0.39, 0.29) is 5.82 Å². The minimum atomic E-state index is -0.138. The molecule has 0 aliphatic carbocycles. The molecule has 0 saturated heterocycles. The van der Waals surface area contributed by atoms with Crippen molar-refractivity contribution >= 4 is 0 Å². The standard InChI is InChI=1S/C18H30FN/c1-6-10-20-17(11-14(2)18(3,4)5)13-15-8-7-9-16(19)12-15/h7-9,12,14,17,20H,6,10-11,13H2,1-5H3. The summed E-state index contributed by atoms with van der Waals surface area (Å²) in [7, 11) is 0. The molecule has 0 aliphatic rings. The quantitative estimate of drug-likeness (QED) is 0.755. The van der Waals surface area contributed by atoms with Gasteiger partial charge in [-0.05, 0) is 54.8 Å². The lowest BCUT2D eigenvalue weighted by Crippen LogP contribution is -2.35. The van der Waals surface area contributed by atoms with E-state index in [0.717, 1.165) is 31.4 Å². The van der Waals surface area contributed by atoms with Gasteiger partial charge in [0.2, 0.25) is 0 Å². The Kier molecular flexibility index (Phi) is 6.67. The van der Waals surface area contributed by atoms with Gasteiger partial charge in [0.05, 0.1) is 0 Å². The number of benzene rings is 1. The Hall–Kier alpha value is -0.890. The second-order valence-corrected chi connectivity index (χ2v) is 6.99. The van der Waals surface area contributed by atoms with Gasteiger partial charge in [-0.25, -0.2) is 4.39 Å². The van der Waals surface area contributed by atoms with E-state index >= 15 is 0 Å². The molecule has 1 nitrogen and oxygen atoms in total. The predicted octanol–water partition coefficient (Wildman–Crippen LogP) is 4.81. The van der Waals surface area contributed by atoms with Gasteiger partial charge in [-0.1, -0.05) is 46.8 Å². The Bertz CT molecular complexity index is 395. The van der Waals surface area contributed by atoms with E-state index in [9.17, 15) is 4.39 Å². The summed E-state index contributed by atoms with van der Waals surface area (Å²) in [6.07, 6.45) is 3.15. The van der Waals surface area contributed by atoms with Crippen LogP contribution in [0.15, 0.2) is 24.3 Å². The van der Waals surface area contributed by atoms with Crippen molar-refractivity contribution < 1.29 is 4.39 Å². The summed E-state index contributed by atoms with van der Waals surface area (Å²) in [5, 5.41) is 3.62. The fourth-order valence-electron chi connectivity index (χ4n) is 2.32. The van der Waals surface area contributed by atoms with Crippen molar-refractivity contribution in [3.8, 4) is 0 Å². The lowest BCUT2D eigenvalue weighted by Gasteiger charge is -2.31. The van der Waals surface area contributed by atoms with Crippen molar-refractivity contribution in [1.29, 1.82) is 0 Å². The summed E-state index contributed by atoms with van der Waals surface area (Å²) in [5.41, 5.74) is 1.40. The topological polar surface area (TPSA) is 12.0 Å². The zero-order valence-electron chi connectivity index (χ0n) is 13.7. The third-order valence-electron chi connectivity index (χ3n) is 4.17. The maximum Gasteiger partial charge on any atom is 0.123 e. The fourth-order valence-corrected chi connectivity index (χ4v) is 2.32. The summed E-state index contributed by atoms with van der Waals surface area (Å²) >= 11 is 0. The van der Waals surface area contributed by atoms with Crippen LogP contribution in [0.5, 0.6) is 0 Å². The zero-order chi connectivity index (χ0) is 15.2. The normalized spacial score (nSPS) is 15.1. The van der Waals surface area contributed by atoms with Crippen molar-refractivity contribution in [3.63, 3.8) is 0 Å². The highest BCUT2D eigenvalue weighted by Crippen LogP contribution is 2.29. The van der Waals surface area contributed by atoms with E-state index in [1.54, 1.807) is 12.1 Å². The molecule has 2 heteroatoms. The van der Waals surface area contributed by atoms with Crippen LogP contribution < -0.4 is 5.32 Å². The van der Waals surface area contributed by atoms with Gasteiger partial charge in [0.25, 0.3) is 0 Å². The monoisotopic (exact) mass is 279 g/mol. The molecule has 114 valence electrons. The number of halogens is 1. The van der Waals surface area contributed by atoms with Gasteiger partial charge in [0, 0.05) is 6.04 Å². The molecule has 0 fully saturated rings. The first-order chi connectivity index (χ1) is 9.32. The molecule has 0 radical (unpaired) electrons. The first-order valence-electron chi connectivity index (χ1n) is 7.80. The average molecular weight is 279 g/mol. The lowest BCUT2D eigenvalue weighted by atomic mass is 9.78. The van der Waals surface area contributed by atoms with E-state index < -0.39 is 0 Å². The molecule has 20 heavy (non-hydrogen) atoms. The van der Waals surface area contributed by atoms with Gasteiger partial charge in [-0.2, -0.15) is 0 Å².